The maximum Gasteiger partial charge on any atom is 0.227 e. The molecule has 1 heterocycles. The van der Waals surface area contributed by atoms with E-state index in [-0.39, 0.29) is 25.4 Å². The number of hydrogen-bond acceptors (Lipinski definition) is 4. The third-order valence-electron chi connectivity index (χ3n) is 3.13. The van der Waals surface area contributed by atoms with Crippen molar-refractivity contribution in [3.63, 3.8) is 0 Å². The van der Waals surface area contributed by atoms with Gasteiger partial charge in [0.25, 0.3) is 0 Å². The number of benzene rings is 1. The van der Waals surface area contributed by atoms with Gasteiger partial charge in [-0.05, 0) is 17.7 Å². The van der Waals surface area contributed by atoms with E-state index in [0.29, 0.717) is 0 Å². The van der Waals surface area contributed by atoms with Gasteiger partial charge in [0.2, 0.25) is 5.91 Å². The molecule has 1 aromatic rings. The van der Waals surface area contributed by atoms with Gasteiger partial charge in [0, 0.05) is 13.1 Å². The normalized spacial score (nSPS) is 23.2. The minimum atomic E-state index is -0.829. The van der Waals surface area contributed by atoms with Crippen LogP contribution >= 0.6 is 0 Å². The molecule has 1 fully saturated rings. The largest absolute Gasteiger partial charge is 0.497 e. The average Bonchev–Trinajstić information content (AvgIpc) is 2.71. The van der Waals surface area contributed by atoms with E-state index >= 15 is 0 Å². The predicted molar refractivity (Wildman–Crippen MR) is 65.3 cm³/mol. The zero-order chi connectivity index (χ0) is 13.1. The summed E-state index contributed by atoms with van der Waals surface area (Å²) >= 11 is 0. The number of ether oxygens (including phenoxy) is 1. The monoisotopic (exact) mass is 251 g/mol. The second-order valence-electron chi connectivity index (χ2n) is 4.46. The Hall–Kier alpha value is -1.59. The van der Waals surface area contributed by atoms with Crippen molar-refractivity contribution in [3.05, 3.63) is 29.8 Å². The minimum Gasteiger partial charge on any atom is -0.497 e. The van der Waals surface area contributed by atoms with Crippen LogP contribution in [-0.2, 0) is 11.2 Å². The number of methoxy groups -OCH3 is 1. The van der Waals surface area contributed by atoms with Crippen LogP contribution in [-0.4, -0.2) is 53.4 Å². The number of amides is 1. The van der Waals surface area contributed by atoms with Crippen LogP contribution in [0.1, 0.15) is 5.56 Å². The Labute approximate surface area is 106 Å². The smallest absolute Gasteiger partial charge is 0.227 e. The molecule has 0 aliphatic carbocycles. The Morgan fingerprint density at radius 2 is 1.83 bits per heavy atom. The van der Waals surface area contributed by atoms with Gasteiger partial charge in [-0.3, -0.25) is 4.79 Å². The average molecular weight is 251 g/mol. The van der Waals surface area contributed by atoms with Crippen LogP contribution in [0.15, 0.2) is 24.3 Å². The lowest BCUT2D eigenvalue weighted by atomic mass is 10.1. The molecule has 5 nitrogen and oxygen atoms in total. The fourth-order valence-corrected chi connectivity index (χ4v) is 2.00. The molecule has 1 amide bonds. The number of β-amino-alcohol motifs (C(OH)–C–C–N with tert-alkyl or cyclic N) is 2. The first kappa shape index (κ1) is 12.9. The SMILES string of the molecule is COc1ccc(CC(=O)N2C[C@@H](O)[C@@H](O)C2)cc1. The van der Waals surface area contributed by atoms with Gasteiger partial charge in [0.05, 0.1) is 25.7 Å². The van der Waals surface area contributed by atoms with Crippen molar-refractivity contribution in [1.82, 2.24) is 4.90 Å². The van der Waals surface area contributed by atoms with E-state index in [1.807, 2.05) is 12.1 Å². The summed E-state index contributed by atoms with van der Waals surface area (Å²) in [6, 6.07) is 7.27. The molecular weight excluding hydrogens is 234 g/mol. The molecule has 0 bridgehead atoms. The van der Waals surface area contributed by atoms with E-state index in [1.165, 1.54) is 4.90 Å². The van der Waals surface area contributed by atoms with Crippen LogP contribution in [0.3, 0.4) is 0 Å². The Bertz CT molecular complexity index is 408. The minimum absolute atomic E-state index is 0.0873. The molecule has 2 N–H and O–H groups in total. The van der Waals surface area contributed by atoms with Crippen molar-refractivity contribution in [2.75, 3.05) is 20.2 Å². The summed E-state index contributed by atoms with van der Waals surface area (Å²) in [6.07, 6.45) is -1.39. The van der Waals surface area contributed by atoms with E-state index in [2.05, 4.69) is 0 Å². The highest BCUT2D eigenvalue weighted by molar-refractivity contribution is 5.79. The van der Waals surface area contributed by atoms with Gasteiger partial charge in [-0.2, -0.15) is 0 Å². The van der Waals surface area contributed by atoms with Crippen molar-refractivity contribution < 1.29 is 19.7 Å². The second-order valence-corrected chi connectivity index (χ2v) is 4.46. The highest BCUT2D eigenvalue weighted by Crippen LogP contribution is 2.15. The zero-order valence-corrected chi connectivity index (χ0v) is 10.2. The molecule has 98 valence electrons. The fraction of sp³-hybridized carbons (Fsp3) is 0.462. The van der Waals surface area contributed by atoms with Crippen molar-refractivity contribution in [2.24, 2.45) is 0 Å². The third kappa shape index (κ3) is 2.80. The number of likely N-dealkylation sites (tertiary alicyclic amines) is 1. The maximum atomic E-state index is 11.9. The van der Waals surface area contributed by atoms with E-state index in [4.69, 9.17) is 4.74 Å². The van der Waals surface area contributed by atoms with Gasteiger partial charge in [-0.25, -0.2) is 0 Å². The van der Waals surface area contributed by atoms with E-state index < -0.39 is 12.2 Å². The lowest BCUT2D eigenvalue weighted by Crippen LogP contribution is -2.31. The first-order valence-electron chi connectivity index (χ1n) is 5.87. The zero-order valence-electron chi connectivity index (χ0n) is 10.2. The summed E-state index contributed by atoms with van der Waals surface area (Å²) in [6.45, 7) is 0.409. The van der Waals surface area contributed by atoms with Crippen molar-refractivity contribution in [2.45, 2.75) is 18.6 Å². The summed E-state index contributed by atoms with van der Waals surface area (Å²) in [5, 5.41) is 18.8. The fourth-order valence-electron chi connectivity index (χ4n) is 2.00. The van der Waals surface area contributed by atoms with Crippen molar-refractivity contribution in [3.8, 4) is 5.75 Å². The molecule has 0 radical (unpaired) electrons. The second kappa shape index (κ2) is 5.37. The van der Waals surface area contributed by atoms with Gasteiger partial charge in [-0.15, -0.1) is 0 Å². The van der Waals surface area contributed by atoms with Gasteiger partial charge in [0.1, 0.15) is 5.75 Å². The number of hydrogen-bond donors (Lipinski definition) is 2. The molecule has 1 aliphatic heterocycles. The highest BCUT2D eigenvalue weighted by Gasteiger charge is 2.32. The molecule has 0 saturated carbocycles. The van der Waals surface area contributed by atoms with Crippen molar-refractivity contribution in [1.29, 1.82) is 0 Å². The summed E-state index contributed by atoms with van der Waals surface area (Å²) in [5.74, 6) is 0.661. The Morgan fingerprint density at radius 1 is 1.28 bits per heavy atom. The molecule has 1 aliphatic rings. The summed E-state index contributed by atoms with van der Waals surface area (Å²) in [7, 11) is 1.59. The van der Waals surface area contributed by atoms with Gasteiger partial charge in [-0.1, -0.05) is 12.1 Å². The highest BCUT2D eigenvalue weighted by atomic mass is 16.5. The molecule has 0 unspecified atom stereocenters. The lowest BCUT2D eigenvalue weighted by molar-refractivity contribution is -0.129. The number of aliphatic hydroxyl groups excluding tert-OH is 2. The van der Waals surface area contributed by atoms with Crippen LogP contribution in [0, 0.1) is 0 Å². The number of carbonyl (C=O) groups is 1. The lowest BCUT2D eigenvalue weighted by Gasteiger charge is -2.15. The van der Waals surface area contributed by atoms with Crippen LogP contribution in [0.4, 0.5) is 0 Å². The maximum absolute atomic E-state index is 11.9. The Kier molecular flexibility index (Phi) is 3.84. The summed E-state index contributed by atoms with van der Waals surface area (Å²) in [4.78, 5) is 13.4. The molecule has 1 saturated heterocycles. The van der Waals surface area contributed by atoms with Crippen LogP contribution in [0.2, 0.25) is 0 Å². The standard InChI is InChI=1S/C13H17NO4/c1-18-10-4-2-9(3-5-10)6-13(17)14-7-11(15)12(16)8-14/h2-5,11-12,15-16H,6-8H2,1H3/t11-,12+. The Balaban J connectivity index is 1.94. The number of rotatable bonds is 3. The Morgan fingerprint density at radius 3 is 2.33 bits per heavy atom. The number of aliphatic hydroxyl groups is 2. The summed E-state index contributed by atoms with van der Waals surface area (Å²) < 4.78 is 5.04. The third-order valence-corrected chi connectivity index (χ3v) is 3.13. The molecular formula is C13H17NO4. The molecule has 0 spiro atoms. The first-order chi connectivity index (χ1) is 8.60. The van der Waals surface area contributed by atoms with Crippen molar-refractivity contribution >= 4 is 5.91 Å². The van der Waals surface area contributed by atoms with Gasteiger partial charge in [0.15, 0.2) is 0 Å². The molecule has 1 aromatic carbocycles. The van der Waals surface area contributed by atoms with E-state index in [0.717, 1.165) is 11.3 Å². The van der Waals surface area contributed by atoms with Gasteiger partial charge >= 0.3 is 0 Å². The molecule has 2 atom stereocenters. The molecule has 0 aromatic heterocycles. The predicted octanol–water partition coefficient (Wildman–Crippen LogP) is -0.198. The molecule has 18 heavy (non-hydrogen) atoms. The van der Waals surface area contributed by atoms with Crippen LogP contribution in [0.5, 0.6) is 5.75 Å². The topological polar surface area (TPSA) is 70.0 Å². The molecule has 5 heteroatoms. The van der Waals surface area contributed by atoms with Crippen LogP contribution < -0.4 is 4.74 Å². The van der Waals surface area contributed by atoms with Crippen LogP contribution in [0.25, 0.3) is 0 Å². The number of nitrogens with zero attached hydrogens (tertiary/aromatic N) is 1. The quantitative estimate of drug-likeness (QED) is 0.780. The van der Waals surface area contributed by atoms with E-state index in [1.54, 1.807) is 19.2 Å². The first-order valence-corrected chi connectivity index (χ1v) is 5.87. The van der Waals surface area contributed by atoms with Gasteiger partial charge < -0.3 is 19.8 Å². The van der Waals surface area contributed by atoms with E-state index in [9.17, 15) is 15.0 Å². The number of carbonyl (C=O) groups excluding carboxylic acids is 1. The molecule has 2 rings (SSSR count). The summed E-state index contributed by atoms with van der Waals surface area (Å²) in [5.41, 5.74) is 0.886.